The van der Waals surface area contributed by atoms with Gasteiger partial charge in [0.15, 0.2) is 0 Å². The monoisotopic (exact) mass is 229 g/mol. The molecule has 0 amide bonds. The molecule has 1 aromatic carbocycles. The molecule has 0 aliphatic carbocycles. The second-order valence-electron chi connectivity index (χ2n) is 3.12. The average Bonchev–Trinajstić information content (AvgIpc) is 2.14. The van der Waals surface area contributed by atoms with Crippen LogP contribution < -0.4 is 4.72 Å². The quantitative estimate of drug-likeness (QED) is 0.847. The second-order valence-corrected chi connectivity index (χ2v) is 4.87. The minimum atomic E-state index is -3.17. The van der Waals surface area contributed by atoms with Gasteiger partial charge in [0.25, 0.3) is 0 Å². The normalized spacial score (nSPS) is 10.2. The molecule has 0 saturated heterocycles. The molecular formula is C11H19NO2S. The van der Waals surface area contributed by atoms with Crippen molar-refractivity contribution in [3.05, 3.63) is 29.3 Å². The molecule has 15 heavy (non-hydrogen) atoms. The molecule has 0 unspecified atom stereocenters. The minimum absolute atomic E-state index is 0.655. The molecule has 0 heterocycles. The van der Waals surface area contributed by atoms with Gasteiger partial charge in [0, 0.05) is 0 Å². The summed E-state index contributed by atoms with van der Waals surface area (Å²) in [6, 6.07) is 5.53. The van der Waals surface area contributed by atoms with Crippen molar-refractivity contribution in [3.8, 4) is 0 Å². The van der Waals surface area contributed by atoms with Crippen molar-refractivity contribution in [2.24, 2.45) is 0 Å². The van der Waals surface area contributed by atoms with Crippen LogP contribution in [0.3, 0.4) is 0 Å². The highest BCUT2D eigenvalue weighted by molar-refractivity contribution is 7.92. The van der Waals surface area contributed by atoms with Gasteiger partial charge in [0.05, 0.1) is 11.9 Å². The van der Waals surface area contributed by atoms with Gasteiger partial charge in [-0.05, 0) is 31.0 Å². The third-order valence-electron chi connectivity index (χ3n) is 1.90. The lowest BCUT2D eigenvalue weighted by molar-refractivity contribution is 0.607. The smallest absolute Gasteiger partial charge is 0.229 e. The largest absolute Gasteiger partial charge is 0.284 e. The Bertz CT molecular complexity index is 411. The Morgan fingerprint density at radius 2 is 1.67 bits per heavy atom. The first-order valence-electron chi connectivity index (χ1n) is 4.94. The Kier molecular flexibility index (Phi) is 5.36. The summed E-state index contributed by atoms with van der Waals surface area (Å²) >= 11 is 0. The van der Waals surface area contributed by atoms with Crippen molar-refractivity contribution in [1.82, 2.24) is 0 Å². The molecule has 4 heteroatoms. The van der Waals surface area contributed by atoms with Gasteiger partial charge in [-0.2, -0.15) is 0 Å². The molecule has 86 valence electrons. The van der Waals surface area contributed by atoms with Crippen LogP contribution in [0.15, 0.2) is 18.2 Å². The molecule has 0 aliphatic rings. The second kappa shape index (κ2) is 5.75. The van der Waals surface area contributed by atoms with Crippen molar-refractivity contribution >= 4 is 15.7 Å². The lowest BCUT2D eigenvalue weighted by Crippen LogP contribution is -2.10. The third kappa shape index (κ3) is 4.83. The van der Waals surface area contributed by atoms with E-state index in [2.05, 4.69) is 4.72 Å². The van der Waals surface area contributed by atoms with Gasteiger partial charge in [0.2, 0.25) is 10.0 Å². The SMILES string of the molecule is CC.Cc1cccc(NS(C)(=O)=O)c1C. The van der Waals surface area contributed by atoms with E-state index in [9.17, 15) is 8.42 Å². The molecule has 0 radical (unpaired) electrons. The van der Waals surface area contributed by atoms with Gasteiger partial charge < -0.3 is 0 Å². The number of sulfonamides is 1. The van der Waals surface area contributed by atoms with Crippen LogP contribution in [-0.2, 0) is 10.0 Å². The summed E-state index contributed by atoms with van der Waals surface area (Å²) < 4.78 is 24.4. The number of hydrogen-bond donors (Lipinski definition) is 1. The summed E-state index contributed by atoms with van der Waals surface area (Å²) in [5.41, 5.74) is 2.70. The van der Waals surface area contributed by atoms with Gasteiger partial charge in [-0.25, -0.2) is 8.42 Å². The molecular weight excluding hydrogens is 210 g/mol. The van der Waals surface area contributed by atoms with Crippen molar-refractivity contribution in [2.45, 2.75) is 27.7 Å². The first kappa shape index (κ1) is 14.0. The van der Waals surface area contributed by atoms with Crippen molar-refractivity contribution in [1.29, 1.82) is 0 Å². The highest BCUT2D eigenvalue weighted by atomic mass is 32.2. The Balaban J connectivity index is 0.000000921. The van der Waals surface area contributed by atoms with Gasteiger partial charge in [0.1, 0.15) is 0 Å². The first-order valence-corrected chi connectivity index (χ1v) is 6.83. The van der Waals surface area contributed by atoms with E-state index in [1.807, 2.05) is 39.8 Å². The van der Waals surface area contributed by atoms with Crippen LogP contribution in [0.2, 0.25) is 0 Å². The Morgan fingerprint density at radius 1 is 1.13 bits per heavy atom. The fraction of sp³-hybridized carbons (Fsp3) is 0.455. The summed E-state index contributed by atoms with van der Waals surface area (Å²) in [4.78, 5) is 0. The predicted octanol–water partition coefficient (Wildman–Crippen LogP) is 2.70. The number of hydrogen-bond acceptors (Lipinski definition) is 2. The fourth-order valence-electron chi connectivity index (χ4n) is 1.06. The Hall–Kier alpha value is -1.03. The molecule has 0 spiro atoms. The van der Waals surface area contributed by atoms with Gasteiger partial charge >= 0.3 is 0 Å². The van der Waals surface area contributed by atoms with Crippen LogP contribution in [0.4, 0.5) is 5.69 Å². The fourth-order valence-corrected chi connectivity index (χ4v) is 1.68. The van der Waals surface area contributed by atoms with Crippen molar-refractivity contribution < 1.29 is 8.42 Å². The number of rotatable bonds is 2. The van der Waals surface area contributed by atoms with Crippen LogP contribution in [0.25, 0.3) is 0 Å². The Morgan fingerprint density at radius 3 is 2.13 bits per heavy atom. The molecule has 0 saturated carbocycles. The molecule has 0 fully saturated rings. The molecule has 0 atom stereocenters. The van der Waals surface area contributed by atoms with Crippen molar-refractivity contribution in [3.63, 3.8) is 0 Å². The average molecular weight is 229 g/mol. The van der Waals surface area contributed by atoms with Crippen LogP contribution >= 0.6 is 0 Å². The van der Waals surface area contributed by atoms with E-state index in [0.29, 0.717) is 5.69 Å². The van der Waals surface area contributed by atoms with Crippen LogP contribution in [0.1, 0.15) is 25.0 Å². The van der Waals surface area contributed by atoms with E-state index < -0.39 is 10.0 Å². The molecule has 1 rings (SSSR count). The number of aryl methyl sites for hydroxylation is 1. The number of benzene rings is 1. The van der Waals surface area contributed by atoms with E-state index in [1.54, 1.807) is 6.07 Å². The van der Waals surface area contributed by atoms with Crippen LogP contribution in [-0.4, -0.2) is 14.7 Å². The maximum absolute atomic E-state index is 11.0. The first-order chi connectivity index (χ1) is 6.90. The summed E-state index contributed by atoms with van der Waals surface area (Å²) in [6.45, 7) is 7.84. The lowest BCUT2D eigenvalue weighted by Gasteiger charge is -2.08. The van der Waals surface area contributed by atoms with Gasteiger partial charge in [-0.1, -0.05) is 26.0 Å². The summed E-state index contributed by atoms with van der Waals surface area (Å²) in [6.07, 6.45) is 1.15. The maximum atomic E-state index is 11.0. The molecule has 3 nitrogen and oxygen atoms in total. The number of nitrogens with one attached hydrogen (secondary N) is 1. The highest BCUT2D eigenvalue weighted by Gasteiger charge is 2.05. The van der Waals surface area contributed by atoms with E-state index >= 15 is 0 Å². The molecule has 0 bridgehead atoms. The zero-order valence-electron chi connectivity index (χ0n) is 9.96. The zero-order valence-corrected chi connectivity index (χ0v) is 10.8. The topological polar surface area (TPSA) is 46.2 Å². The zero-order chi connectivity index (χ0) is 12.1. The molecule has 1 aromatic rings. The molecule has 1 N–H and O–H groups in total. The minimum Gasteiger partial charge on any atom is -0.284 e. The summed E-state index contributed by atoms with van der Waals surface area (Å²) in [7, 11) is -3.17. The van der Waals surface area contributed by atoms with E-state index in [1.165, 1.54) is 0 Å². The molecule has 0 aromatic heterocycles. The summed E-state index contributed by atoms with van der Waals surface area (Å²) in [5, 5.41) is 0. The van der Waals surface area contributed by atoms with E-state index in [0.717, 1.165) is 17.4 Å². The standard InChI is InChI=1S/C9H13NO2S.C2H6/c1-7-5-4-6-9(8(7)2)10-13(3,11)12;1-2/h4-6,10H,1-3H3;1-2H3. The van der Waals surface area contributed by atoms with Gasteiger partial charge in [-0.3, -0.25) is 4.72 Å². The summed E-state index contributed by atoms with van der Waals surface area (Å²) in [5.74, 6) is 0. The Labute approximate surface area is 92.6 Å². The van der Waals surface area contributed by atoms with Crippen molar-refractivity contribution in [2.75, 3.05) is 11.0 Å². The van der Waals surface area contributed by atoms with Gasteiger partial charge in [-0.15, -0.1) is 0 Å². The van der Waals surface area contributed by atoms with E-state index in [-0.39, 0.29) is 0 Å². The van der Waals surface area contributed by atoms with Crippen LogP contribution in [0, 0.1) is 13.8 Å². The number of anilines is 1. The van der Waals surface area contributed by atoms with Crippen LogP contribution in [0.5, 0.6) is 0 Å². The maximum Gasteiger partial charge on any atom is 0.229 e. The third-order valence-corrected chi connectivity index (χ3v) is 2.49. The molecule has 0 aliphatic heterocycles. The predicted molar refractivity (Wildman–Crippen MR) is 65.7 cm³/mol. The van der Waals surface area contributed by atoms with E-state index in [4.69, 9.17) is 0 Å². The lowest BCUT2D eigenvalue weighted by atomic mass is 10.1. The highest BCUT2D eigenvalue weighted by Crippen LogP contribution is 2.18.